The van der Waals surface area contributed by atoms with Gasteiger partial charge in [-0.15, -0.1) is 5.10 Å². The summed E-state index contributed by atoms with van der Waals surface area (Å²) in [6.07, 6.45) is 3.59. The SMILES string of the molecule is Cn1nnc2cc(C(=O)NC3(C(=O)O)CCCCC3)ccc21. The lowest BCUT2D eigenvalue weighted by molar-refractivity contribution is -0.145. The second kappa shape index (κ2) is 5.40. The van der Waals surface area contributed by atoms with Gasteiger partial charge in [-0.05, 0) is 31.0 Å². The molecule has 0 spiro atoms. The second-order valence-electron chi connectivity index (χ2n) is 5.82. The van der Waals surface area contributed by atoms with Gasteiger partial charge >= 0.3 is 5.97 Å². The Morgan fingerprint density at radius 3 is 2.68 bits per heavy atom. The number of hydrogen-bond donors (Lipinski definition) is 2. The van der Waals surface area contributed by atoms with Crippen LogP contribution in [-0.4, -0.2) is 37.5 Å². The van der Waals surface area contributed by atoms with Crippen LogP contribution in [0, 0.1) is 0 Å². The van der Waals surface area contributed by atoms with Gasteiger partial charge in [0, 0.05) is 12.6 Å². The third kappa shape index (κ3) is 2.43. The molecule has 7 nitrogen and oxygen atoms in total. The Balaban J connectivity index is 1.86. The van der Waals surface area contributed by atoms with E-state index in [0.717, 1.165) is 24.8 Å². The molecule has 116 valence electrons. The maximum absolute atomic E-state index is 12.4. The van der Waals surface area contributed by atoms with E-state index in [-0.39, 0.29) is 5.91 Å². The first kappa shape index (κ1) is 14.5. The molecule has 3 rings (SSSR count). The van der Waals surface area contributed by atoms with Crippen LogP contribution < -0.4 is 5.32 Å². The number of carboxylic acid groups (broad SMARTS) is 1. The van der Waals surface area contributed by atoms with E-state index in [9.17, 15) is 14.7 Å². The summed E-state index contributed by atoms with van der Waals surface area (Å²) in [5.41, 5.74) is 0.691. The van der Waals surface area contributed by atoms with E-state index < -0.39 is 11.5 Å². The number of carboxylic acids is 1. The van der Waals surface area contributed by atoms with Crippen molar-refractivity contribution in [1.29, 1.82) is 0 Å². The molecule has 2 N–H and O–H groups in total. The predicted octanol–water partition coefficient (Wildman–Crippen LogP) is 1.49. The largest absolute Gasteiger partial charge is 0.480 e. The van der Waals surface area contributed by atoms with Crippen molar-refractivity contribution in [2.75, 3.05) is 0 Å². The van der Waals surface area contributed by atoms with Crippen molar-refractivity contribution in [3.8, 4) is 0 Å². The Morgan fingerprint density at radius 1 is 1.27 bits per heavy atom. The predicted molar refractivity (Wildman–Crippen MR) is 79.4 cm³/mol. The summed E-state index contributed by atoms with van der Waals surface area (Å²) < 4.78 is 1.62. The van der Waals surface area contributed by atoms with Crippen LogP contribution in [0.25, 0.3) is 11.0 Å². The smallest absolute Gasteiger partial charge is 0.329 e. The first-order valence-corrected chi connectivity index (χ1v) is 7.37. The number of hydrogen-bond acceptors (Lipinski definition) is 4. The molecule has 1 fully saturated rings. The molecule has 2 aromatic rings. The van der Waals surface area contributed by atoms with Crippen LogP contribution in [0.3, 0.4) is 0 Å². The molecule has 1 aliphatic carbocycles. The summed E-state index contributed by atoms with van der Waals surface area (Å²) in [4.78, 5) is 24.1. The quantitative estimate of drug-likeness (QED) is 0.895. The van der Waals surface area contributed by atoms with Crippen LogP contribution in [0.4, 0.5) is 0 Å². The average Bonchev–Trinajstić information content (AvgIpc) is 2.89. The second-order valence-corrected chi connectivity index (χ2v) is 5.82. The van der Waals surface area contributed by atoms with Gasteiger partial charge in [0.2, 0.25) is 0 Å². The van der Waals surface area contributed by atoms with Gasteiger partial charge in [0.05, 0.1) is 5.52 Å². The molecule has 7 heteroatoms. The molecule has 0 unspecified atom stereocenters. The standard InChI is InChI=1S/C15H18N4O3/c1-19-12-6-5-10(9-11(12)17-18-19)13(20)16-15(14(21)22)7-3-2-4-8-15/h5-6,9H,2-4,7-8H2,1H3,(H,16,20)(H,21,22). The minimum atomic E-state index is -1.15. The van der Waals surface area contributed by atoms with Crippen LogP contribution in [0.1, 0.15) is 42.5 Å². The third-order valence-corrected chi connectivity index (χ3v) is 4.34. The number of carbonyl (C=O) groups is 2. The molecule has 1 saturated carbocycles. The molecule has 0 aliphatic heterocycles. The van der Waals surface area contributed by atoms with E-state index in [1.54, 1.807) is 29.9 Å². The van der Waals surface area contributed by atoms with Crippen molar-refractivity contribution in [3.05, 3.63) is 23.8 Å². The van der Waals surface area contributed by atoms with Crippen LogP contribution in [0.2, 0.25) is 0 Å². The number of rotatable bonds is 3. The van der Waals surface area contributed by atoms with Gasteiger partial charge in [-0.3, -0.25) is 4.79 Å². The monoisotopic (exact) mass is 302 g/mol. The number of amides is 1. The zero-order valence-corrected chi connectivity index (χ0v) is 12.4. The topological polar surface area (TPSA) is 97.1 Å². The molecular weight excluding hydrogens is 284 g/mol. The fourth-order valence-electron chi connectivity index (χ4n) is 3.02. The number of aryl methyl sites for hydroxylation is 1. The van der Waals surface area contributed by atoms with E-state index in [4.69, 9.17) is 0 Å². The van der Waals surface area contributed by atoms with Crippen LogP contribution in [0.5, 0.6) is 0 Å². The maximum atomic E-state index is 12.4. The number of nitrogens with zero attached hydrogens (tertiary/aromatic N) is 3. The molecule has 1 aromatic carbocycles. The van der Waals surface area contributed by atoms with Crippen molar-refractivity contribution in [1.82, 2.24) is 20.3 Å². The number of benzene rings is 1. The number of carbonyl (C=O) groups excluding carboxylic acids is 1. The lowest BCUT2D eigenvalue weighted by Gasteiger charge is -2.33. The summed E-state index contributed by atoms with van der Waals surface area (Å²) in [6, 6.07) is 5.06. The van der Waals surface area contributed by atoms with Crippen molar-refractivity contribution in [3.63, 3.8) is 0 Å². The third-order valence-electron chi connectivity index (χ3n) is 4.34. The first-order chi connectivity index (χ1) is 10.5. The van der Waals surface area contributed by atoms with Gasteiger partial charge in [-0.1, -0.05) is 24.5 Å². The highest BCUT2D eigenvalue weighted by Gasteiger charge is 2.41. The molecular formula is C15H18N4O3. The molecule has 1 heterocycles. The summed E-state index contributed by atoms with van der Waals surface area (Å²) in [7, 11) is 1.77. The van der Waals surface area contributed by atoms with Gasteiger partial charge < -0.3 is 10.4 Å². The van der Waals surface area contributed by atoms with Crippen LogP contribution in [0.15, 0.2) is 18.2 Å². The normalized spacial score (nSPS) is 17.3. The highest BCUT2D eigenvalue weighted by molar-refractivity contribution is 6.00. The highest BCUT2D eigenvalue weighted by Crippen LogP contribution is 2.29. The van der Waals surface area contributed by atoms with Crippen molar-refractivity contribution in [2.24, 2.45) is 7.05 Å². The molecule has 1 amide bonds. The number of aromatic nitrogens is 3. The summed E-state index contributed by atoms with van der Waals surface area (Å²) in [5, 5.41) is 20.1. The molecule has 0 radical (unpaired) electrons. The number of fused-ring (bicyclic) bond motifs is 1. The summed E-state index contributed by atoms with van der Waals surface area (Å²) in [5.74, 6) is -1.34. The van der Waals surface area contributed by atoms with E-state index >= 15 is 0 Å². The maximum Gasteiger partial charge on any atom is 0.329 e. The van der Waals surface area contributed by atoms with E-state index in [0.29, 0.717) is 23.9 Å². The van der Waals surface area contributed by atoms with Gasteiger partial charge in [0.15, 0.2) is 0 Å². The van der Waals surface area contributed by atoms with Crippen LogP contribution in [-0.2, 0) is 11.8 Å². The van der Waals surface area contributed by atoms with Crippen molar-refractivity contribution >= 4 is 22.9 Å². The highest BCUT2D eigenvalue weighted by atomic mass is 16.4. The zero-order chi connectivity index (χ0) is 15.7. The van der Waals surface area contributed by atoms with Crippen molar-refractivity contribution in [2.45, 2.75) is 37.6 Å². The van der Waals surface area contributed by atoms with Gasteiger partial charge in [-0.25, -0.2) is 9.48 Å². The molecule has 1 aliphatic rings. The minimum Gasteiger partial charge on any atom is -0.480 e. The lowest BCUT2D eigenvalue weighted by Crippen LogP contribution is -2.55. The minimum absolute atomic E-state index is 0.378. The van der Waals surface area contributed by atoms with E-state index in [2.05, 4.69) is 15.6 Å². The van der Waals surface area contributed by atoms with Gasteiger partial charge in [-0.2, -0.15) is 0 Å². The molecule has 0 atom stereocenters. The first-order valence-electron chi connectivity index (χ1n) is 7.37. The van der Waals surface area contributed by atoms with E-state index in [1.165, 1.54) is 0 Å². The summed E-state index contributed by atoms with van der Waals surface area (Å²) in [6.45, 7) is 0. The molecule has 0 saturated heterocycles. The zero-order valence-electron chi connectivity index (χ0n) is 12.4. The number of nitrogens with one attached hydrogen (secondary N) is 1. The summed E-state index contributed by atoms with van der Waals surface area (Å²) >= 11 is 0. The lowest BCUT2D eigenvalue weighted by atomic mass is 9.81. The average molecular weight is 302 g/mol. The molecule has 22 heavy (non-hydrogen) atoms. The Hall–Kier alpha value is -2.44. The van der Waals surface area contributed by atoms with E-state index in [1.807, 2.05) is 0 Å². The Kier molecular flexibility index (Phi) is 3.56. The Morgan fingerprint density at radius 2 is 2.00 bits per heavy atom. The molecule has 1 aromatic heterocycles. The fraction of sp³-hybridized carbons (Fsp3) is 0.467. The van der Waals surface area contributed by atoms with Crippen LogP contribution >= 0.6 is 0 Å². The van der Waals surface area contributed by atoms with Gasteiger partial charge in [0.1, 0.15) is 11.1 Å². The Bertz CT molecular complexity index is 731. The van der Waals surface area contributed by atoms with Crippen molar-refractivity contribution < 1.29 is 14.7 Å². The molecule has 0 bridgehead atoms. The van der Waals surface area contributed by atoms with Gasteiger partial charge in [0.25, 0.3) is 5.91 Å². The Labute approximate surface area is 127 Å². The number of aliphatic carboxylic acids is 1. The fourth-order valence-corrected chi connectivity index (χ4v) is 3.02.